The quantitative estimate of drug-likeness (QED) is 0.680. The summed E-state index contributed by atoms with van der Waals surface area (Å²) in [5.74, 6) is -0.526. The van der Waals surface area contributed by atoms with Crippen molar-refractivity contribution in [2.45, 2.75) is 6.92 Å². The molecule has 1 aromatic carbocycles. The van der Waals surface area contributed by atoms with E-state index in [0.29, 0.717) is 27.9 Å². The molecule has 116 valence electrons. The zero-order valence-electron chi connectivity index (χ0n) is 12.6. The van der Waals surface area contributed by atoms with Crippen LogP contribution in [0.5, 0.6) is 0 Å². The molecule has 1 aromatic rings. The molecule has 0 aromatic heterocycles. The number of benzene rings is 1. The van der Waals surface area contributed by atoms with E-state index in [9.17, 15) is 9.59 Å². The summed E-state index contributed by atoms with van der Waals surface area (Å²) in [7, 11) is 3.70. The van der Waals surface area contributed by atoms with E-state index in [1.165, 1.54) is 11.8 Å². The van der Waals surface area contributed by atoms with Gasteiger partial charge >= 0.3 is 5.97 Å². The highest BCUT2D eigenvalue weighted by Gasteiger charge is 2.24. The first-order valence-corrected chi connectivity index (χ1v) is 7.54. The Labute approximate surface area is 133 Å². The van der Waals surface area contributed by atoms with Crippen molar-refractivity contribution >= 4 is 34.5 Å². The average Bonchev–Trinajstić information content (AvgIpc) is 2.79. The third-order valence-electron chi connectivity index (χ3n) is 2.64. The number of amides is 1. The number of carbonyl (C=O) groups excluding carboxylic acids is 2. The van der Waals surface area contributed by atoms with Crippen molar-refractivity contribution in [3.05, 3.63) is 40.9 Å². The van der Waals surface area contributed by atoms with Crippen LogP contribution < -0.4 is 5.32 Å². The molecule has 22 heavy (non-hydrogen) atoms. The van der Waals surface area contributed by atoms with Gasteiger partial charge in [-0.25, -0.2) is 9.79 Å². The summed E-state index contributed by atoms with van der Waals surface area (Å²) in [5, 5.41) is 3.22. The average molecular weight is 319 g/mol. The molecule has 0 aliphatic carbocycles. The molecule has 1 fully saturated rings. The maximum absolute atomic E-state index is 11.8. The number of esters is 1. The molecule has 0 saturated carbocycles. The maximum atomic E-state index is 11.8. The van der Waals surface area contributed by atoms with Crippen LogP contribution in [0.3, 0.4) is 0 Å². The van der Waals surface area contributed by atoms with Gasteiger partial charge in [0, 0.05) is 20.3 Å². The van der Waals surface area contributed by atoms with Crippen molar-refractivity contribution in [1.29, 1.82) is 0 Å². The molecular formula is C15H17N3O3S. The summed E-state index contributed by atoms with van der Waals surface area (Å²) in [6.07, 6.45) is 1.74. The second-order valence-electron chi connectivity index (χ2n) is 4.70. The third-order valence-corrected chi connectivity index (χ3v) is 3.53. The molecule has 0 bridgehead atoms. The van der Waals surface area contributed by atoms with Gasteiger partial charge in [0.1, 0.15) is 0 Å². The molecule has 0 unspecified atom stereocenters. The Hall–Kier alpha value is -2.28. The number of aliphatic imine (C=N–C) groups is 1. The number of hydrogen-bond acceptors (Lipinski definition) is 6. The van der Waals surface area contributed by atoms with Gasteiger partial charge in [0.25, 0.3) is 5.91 Å². The minimum atomic E-state index is -0.360. The Morgan fingerprint density at radius 1 is 1.36 bits per heavy atom. The molecule has 2 rings (SSSR count). The molecule has 1 aliphatic heterocycles. The Balaban J connectivity index is 2.11. The number of nitrogens with zero attached hydrogens (tertiary/aromatic N) is 2. The van der Waals surface area contributed by atoms with Crippen LogP contribution in [0, 0.1) is 0 Å². The summed E-state index contributed by atoms with van der Waals surface area (Å²) in [6, 6.07) is 6.71. The standard InChI is InChI=1S/C15H17N3O3S/c1-4-21-14(20)10-5-7-11(8-6-10)16-15-17-13(19)12(22-15)9-18(2)3/h5-9H,4H2,1-3H3,(H,16,17,19)/b12-9-. The van der Waals surface area contributed by atoms with Gasteiger partial charge in [-0.2, -0.15) is 0 Å². The van der Waals surface area contributed by atoms with Crippen LogP contribution in [0.4, 0.5) is 5.69 Å². The summed E-state index contributed by atoms with van der Waals surface area (Å²) >= 11 is 1.28. The summed E-state index contributed by atoms with van der Waals surface area (Å²) in [4.78, 5) is 30.1. The van der Waals surface area contributed by atoms with E-state index in [1.807, 2.05) is 14.1 Å². The predicted molar refractivity (Wildman–Crippen MR) is 87.0 cm³/mol. The zero-order chi connectivity index (χ0) is 16.1. The smallest absolute Gasteiger partial charge is 0.338 e. The van der Waals surface area contributed by atoms with Crippen molar-refractivity contribution in [3.63, 3.8) is 0 Å². The number of rotatable bonds is 4. The fraction of sp³-hybridized carbons (Fsp3) is 0.267. The van der Waals surface area contributed by atoms with E-state index < -0.39 is 0 Å². The monoisotopic (exact) mass is 319 g/mol. The van der Waals surface area contributed by atoms with Crippen molar-refractivity contribution in [2.24, 2.45) is 4.99 Å². The van der Waals surface area contributed by atoms with Crippen molar-refractivity contribution in [1.82, 2.24) is 10.2 Å². The van der Waals surface area contributed by atoms with Gasteiger partial charge in [-0.1, -0.05) is 0 Å². The topological polar surface area (TPSA) is 71.0 Å². The van der Waals surface area contributed by atoms with Gasteiger partial charge in [-0.3, -0.25) is 4.79 Å². The molecule has 1 aliphatic rings. The first kappa shape index (κ1) is 16.1. The van der Waals surface area contributed by atoms with Crippen LogP contribution in [-0.2, 0) is 9.53 Å². The second kappa shape index (κ2) is 7.13. The van der Waals surface area contributed by atoms with Gasteiger partial charge in [0.05, 0.1) is 22.8 Å². The fourth-order valence-corrected chi connectivity index (χ4v) is 2.62. The van der Waals surface area contributed by atoms with Crippen molar-refractivity contribution in [2.75, 3.05) is 20.7 Å². The lowest BCUT2D eigenvalue weighted by molar-refractivity contribution is -0.115. The Kier molecular flexibility index (Phi) is 5.21. The van der Waals surface area contributed by atoms with E-state index in [2.05, 4.69) is 10.3 Å². The van der Waals surface area contributed by atoms with E-state index in [1.54, 1.807) is 42.3 Å². The van der Waals surface area contributed by atoms with E-state index in [0.717, 1.165) is 0 Å². The first-order valence-electron chi connectivity index (χ1n) is 6.73. The number of hydrogen-bond donors (Lipinski definition) is 1. The summed E-state index contributed by atoms with van der Waals surface area (Å²) in [6.45, 7) is 2.10. The summed E-state index contributed by atoms with van der Waals surface area (Å²) < 4.78 is 4.92. The molecule has 6 nitrogen and oxygen atoms in total. The van der Waals surface area contributed by atoms with E-state index >= 15 is 0 Å². The Bertz CT molecular complexity index is 636. The van der Waals surface area contributed by atoms with Crippen molar-refractivity contribution in [3.8, 4) is 0 Å². The third kappa shape index (κ3) is 4.11. The highest BCUT2D eigenvalue weighted by molar-refractivity contribution is 8.18. The largest absolute Gasteiger partial charge is 0.462 e. The molecular weight excluding hydrogens is 302 g/mol. The van der Waals surface area contributed by atoms with Crippen LogP contribution in [0.15, 0.2) is 40.4 Å². The van der Waals surface area contributed by atoms with Gasteiger partial charge in [-0.15, -0.1) is 0 Å². The SMILES string of the molecule is CCOC(=O)c1ccc(N=C2NC(=O)/C(=C/N(C)C)S2)cc1. The molecule has 0 spiro atoms. The van der Waals surface area contributed by atoms with E-state index in [4.69, 9.17) is 4.74 Å². The highest BCUT2D eigenvalue weighted by atomic mass is 32.2. The van der Waals surface area contributed by atoms with Gasteiger partial charge in [0.15, 0.2) is 5.17 Å². The van der Waals surface area contributed by atoms with E-state index in [-0.39, 0.29) is 11.9 Å². The number of nitrogens with one attached hydrogen (secondary N) is 1. The fourth-order valence-electron chi connectivity index (χ4n) is 1.71. The first-order chi connectivity index (χ1) is 10.5. The molecule has 1 N–H and O–H groups in total. The normalized spacial score (nSPS) is 17.7. The molecule has 1 amide bonds. The lowest BCUT2D eigenvalue weighted by Gasteiger charge is -2.03. The van der Waals surface area contributed by atoms with Crippen molar-refractivity contribution < 1.29 is 14.3 Å². The molecule has 7 heteroatoms. The van der Waals surface area contributed by atoms with Crippen LogP contribution in [-0.4, -0.2) is 42.6 Å². The maximum Gasteiger partial charge on any atom is 0.338 e. The summed E-state index contributed by atoms with van der Waals surface area (Å²) in [5.41, 5.74) is 1.13. The number of amidine groups is 1. The lowest BCUT2D eigenvalue weighted by atomic mass is 10.2. The lowest BCUT2D eigenvalue weighted by Crippen LogP contribution is -2.20. The molecule has 1 heterocycles. The minimum absolute atomic E-state index is 0.166. The molecule has 0 atom stereocenters. The Morgan fingerprint density at radius 3 is 2.64 bits per heavy atom. The number of carbonyl (C=O) groups is 2. The number of thioether (sulfide) groups is 1. The van der Waals surface area contributed by atoms with Gasteiger partial charge in [0.2, 0.25) is 0 Å². The van der Waals surface area contributed by atoms with Crippen LogP contribution >= 0.6 is 11.8 Å². The number of ether oxygens (including phenoxy) is 1. The van der Waals surface area contributed by atoms with Crippen LogP contribution in [0.1, 0.15) is 17.3 Å². The van der Waals surface area contributed by atoms with Gasteiger partial charge < -0.3 is 15.0 Å². The van der Waals surface area contributed by atoms with Gasteiger partial charge in [-0.05, 0) is 43.0 Å². The predicted octanol–water partition coefficient (Wildman–Crippen LogP) is 2.12. The minimum Gasteiger partial charge on any atom is -0.462 e. The molecule has 1 saturated heterocycles. The van der Waals surface area contributed by atoms with Crippen LogP contribution in [0.2, 0.25) is 0 Å². The Morgan fingerprint density at radius 2 is 2.05 bits per heavy atom. The van der Waals surface area contributed by atoms with Crippen LogP contribution in [0.25, 0.3) is 0 Å². The second-order valence-corrected chi connectivity index (χ2v) is 5.73. The zero-order valence-corrected chi connectivity index (χ0v) is 13.4. The highest BCUT2D eigenvalue weighted by Crippen LogP contribution is 2.26. The molecule has 0 radical (unpaired) electrons.